The van der Waals surface area contributed by atoms with Crippen molar-refractivity contribution in [3.8, 4) is 0 Å². The Morgan fingerprint density at radius 3 is 2.24 bits per heavy atom. The second-order valence-electron chi connectivity index (χ2n) is 4.30. The summed E-state index contributed by atoms with van der Waals surface area (Å²) < 4.78 is 0. The minimum absolute atomic E-state index is 0.316. The predicted octanol–water partition coefficient (Wildman–Crippen LogP) is 0.443. The first-order valence-electron chi connectivity index (χ1n) is 5.81. The summed E-state index contributed by atoms with van der Waals surface area (Å²) in [5.74, 6) is -1.03. The van der Waals surface area contributed by atoms with Gasteiger partial charge in [-0.05, 0) is 27.4 Å². The Labute approximate surface area is 103 Å². The third-order valence-electron chi connectivity index (χ3n) is 2.31. The normalized spacial score (nSPS) is 12.3. The molecule has 0 heterocycles. The molecule has 100 valence electrons. The van der Waals surface area contributed by atoms with Crippen LogP contribution in [0, 0.1) is 0 Å². The number of carboxylic acids is 1. The van der Waals surface area contributed by atoms with Gasteiger partial charge in [-0.15, -0.1) is 0 Å². The third kappa shape index (κ3) is 6.78. The maximum atomic E-state index is 11.8. The lowest BCUT2D eigenvalue weighted by Gasteiger charge is -2.25. The van der Waals surface area contributed by atoms with Crippen LogP contribution in [0.3, 0.4) is 0 Å². The summed E-state index contributed by atoms with van der Waals surface area (Å²) in [5, 5.41) is 11.2. The average molecular weight is 245 g/mol. The van der Waals surface area contributed by atoms with E-state index in [2.05, 4.69) is 5.32 Å². The van der Waals surface area contributed by atoms with E-state index >= 15 is 0 Å². The van der Waals surface area contributed by atoms with Crippen molar-refractivity contribution in [1.82, 2.24) is 15.1 Å². The van der Waals surface area contributed by atoms with E-state index in [-0.39, 0.29) is 6.03 Å². The monoisotopic (exact) mass is 245 g/mol. The number of likely N-dealkylation sites (N-methyl/N-ethyl adjacent to an activating group) is 1. The van der Waals surface area contributed by atoms with E-state index in [1.165, 1.54) is 6.92 Å². The Morgan fingerprint density at radius 2 is 1.82 bits per heavy atom. The van der Waals surface area contributed by atoms with Gasteiger partial charge in [-0.2, -0.15) is 0 Å². The topological polar surface area (TPSA) is 72.9 Å². The van der Waals surface area contributed by atoms with E-state index in [4.69, 9.17) is 5.11 Å². The van der Waals surface area contributed by atoms with Crippen molar-refractivity contribution >= 4 is 12.0 Å². The zero-order chi connectivity index (χ0) is 13.4. The number of rotatable bonds is 7. The summed E-state index contributed by atoms with van der Waals surface area (Å²) in [4.78, 5) is 26.1. The lowest BCUT2D eigenvalue weighted by atomic mass is 10.3. The summed E-state index contributed by atoms with van der Waals surface area (Å²) in [6.45, 7) is 5.42. The number of carbonyl (C=O) groups excluding carboxylic acids is 1. The third-order valence-corrected chi connectivity index (χ3v) is 2.31. The number of hydrogen-bond acceptors (Lipinski definition) is 3. The average Bonchev–Trinajstić information content (AvgIpc) is 2.23. The maximum Gasteiger partial charge on any atom is 0.325 e. The molecule has 0 aliphatic rings. The largest absolute Gasteiger partial charge is 0.480 e. The maximum absolute atomic E-state index is 11.8. The van der Waals surface area contributed by atoms with Crippen LogP contribution in [0.2, 0.25) is 0 Å². The molecule has 0 saturated carbocycles. The quantitative estimate of drug-likeness (QED) is 0.683. The van der Waals surface area contributed by atoms with Gasteiger partial charge >= 0.3 is 12.0 Å². The van der Waals surface area contributed by atoms with E-state index in [1.54, 1.807) is 4.90 Å². The van der Waals surface area contributed by atoms with Crippen LogP contribution in [0.1, 0.15) is 20.3 Å². The molecule has 0 spiro atoms. The van der Waals surface area contributed by atoms with Crippen LogP contribution in [0.4, 0.5) is 4.79 Å². The fourth-order valence-electron chi connectivity index (χ4n) is 1.24. The number of nitrogens with zero attached hydrogens (tertiary/aromatic N) is 2. The molecule has 0 saturated heterocycles. The predicted molar refractivity (Wildman–Crippen MR) is 66.0 cm³/mol. The minimum atomic E-state index is -1.03. The molecule has 2 N–H and O–H groups in total. The molecule has 0 radical (unpaired) electrons. The summed E-state index contributed by atoms with van der Waals surface area (Å²) in [6.07, 6.45) is 0.850. The van der Waals surface area contributed by atoms with Crippen molar-refractivity contribution < 1.29 is 14.7 Å². The molecular weight excluding hydrogens is 222 g/mol. The molecule has 1 unspecified atom stereocenters. The van der Waals surface area contributed by atoms with Crippen molar-refractivity contribution in [2.75, 3.05) is 33.7 Å². The highest BCUT2D eigenvalue weighted by Crippen LogP contribution is 1.95. The Morgan fingerprint density at radius 1 is 1.24 bits per heavy atom. The number of carboxylic acid groups (broad SMARTS) is 1. The van der Waals surface area contributed by atoms with Crippen molar-refractivity contribution in [3.63, 3.8) is 0 Å². The van der Waals surface area contributed by atoms with Crippen LogP contribution < -0.4 is 5.32 Å². The van der Waals surface area contributed by atoms with Crippen molar-refractivity contribution in [1.29, 1.82) is 0 Å². The number of aliphatic carboxylic acids is 1. The molecule has 6 nitrogen and oxygen atoms in total. The Bertz CT molecular complexity index is 256. The molecule has 0 fully saturated rings. The number of urea groups is 1. The molecule has 1 atom stereocenters. The van der Waals surface area contributed by atoms with Gasteiger partial charge in [0.25, 0.3) is 0 Å². The number of hydrogen-bond donors (Lipinski definition) is 2. The second kappa shape index (κ2) is 7.89. The molecule has 0 aromatic carbocycles. The smallest absolute Gasteiger partial charge is 0.325 e. The van der Waals surface area contributed by atoms with E-state index < -0.39 is 12.0 Å². The Hall–Kier alpha value is -1.30. The van der Waals surface area contributed by atoms with Gasteiger partial charge in [0.15, 0.2) is 0 Å². The Balaban J connectivity index is 4.27. The number of nitrogens with one attached hydrogen (secondary N) is 1. The van der Waals surface area contributed by atoms with E-state index in [1.807, 2.05) is 25.9 Å². The van der Waals surface area contributed by atoms with Gasteiger partial charge in [0.1, 0.15) is 6.04 Å². The van der Waals surface area contributed by atoms with Gasteiger partial charge in [-0.3, -0.25) is 4.79 Å². The first kappa shape index (κ1) is 15.7. The van der Waals surface area contributed by atoms with Crippen molar-refractivity contribution in [2.24, 2.45) is 0 Å². The molecule has 0 aromatic rings. The molecule has 2 amide bonds. The van der Waals surface area contributed by atoms with E-state index in [9.17, 15) is 9.59 Å². The molecule has 17 heavy (non-hydrogen) atoms. The molecule has 0 bridgehead atoms. The van der Waals surface area contributed by atoms with Gasteiger partial charge in [0.2, 0.25) is 0 Å². The zero-order valence-electron chi connectivity index (χ0n) is 11.1. The minimum Gasteiger partial charge on any atom is -0.480 e. The molecular formula is C11H23N3O3. The van der Waals surface area contributed by atoms with E-state index in [0.29, 0.717) is 13.1 Å². The zero-order valence-corrected chi connectivity index (χ0v) is 11.1. The number of carbonyl (C=O) groups is 2. The van der Waals surface area contributed by atoms with Gasteiger partial charge in [-0.25, -0.2) is 4.79 Å². The highest BCUT2D eigenvalue weighted by atomic mass is 16.4. The molecule has 6 heteroatoms. The van der Waals surface area contributed by atoms with Crippen LogP contribution in [0.15, 0.2) is 0 Å². The van der Waals surface area contributed by atoms with Gasteiger partial charge < -0.3 is 20.2 Å². The summed E-state index contributed by atoms with van der Waals surface area (Å²) in [7, 11) is 3.86. The molecule has 0 aliphatic carbocycles. The fraction of sp³-hybridized carbons (Fsp3) is 0.818. The first-order valence-corrected chi connectivity index (χ1v) is 5.81. The van der Waals surface area contributed by atoms with Crippen LogP contribution in [-0.4, -0.2) is 66.7 Å². The van der Waals surface area contributed by atoms with Gasteiger partial charge in [0.05, 0.1) is 0 Å². The lowest BCUT2D eigenvalue weighted by Crippen LogP contribution is -2.48. The lowest BCUT2D eigenvalue weighted by molar-refractivity contribution is -0.138. The van der Waals surface area contributed by atoms with Crippen LogP contribution >= 0.6 is 0 Å². The Kier molecular flexibility index (Phi) is 7.29. The number of amides is 2. The first-order chi connectivity index (χ1) is 7.88. The van der Waals surface area contributed by atoms with Gasteiger partial charge in [-0.1, -0.05) is 6.92 Å². The van der Waals surface area contributed by atoms with Crippen LogP contribution in [0.25, 0.3) is 0 Å². The van der Waals surface area contributed by atoms with Crippen LogP contribution in [0.5, 0.6) is 0 Å². The van der Waals surface area contributed by atoms with Crippen molar-refractivity contribution in [3.05, 3.63) is 0 Å². The standard InChI is InChI=1S/C11H23N3O3/c1-5-6-14(8-7-13(3)4)11(17)12-9(2)10(15)16/h9H,5-8H2,1-4H3,(H,12,17)(H,15,16). The van der Waals surface area contributed by atoms with E-state index in [0.717, 1.165) is 13.0 Å². The highest BCUT2D eigenvalue weighted by Gasteiger charge is 2.18. The molecule has 0 rings (SSSR count). The summed E-state index contributed by atoms with van der Waals surface area (Å²) in [6, 6.07) is -1.18. The van der Waals surface area contributed by atoms with Crippen LogP contribution in [-0.2, 0) is 4.79 Å². The SMILES string of the molecule is CCCN(CCN(C)C)C(=O)NC(C)C(=O)O. The summed E-state index contributed by atoms with van der Waals surface area (Å²) >= 11 is 0. The fourth-order valence-corrected chi connectivity index (χ4v) is 1.24. The highest BCUT2D eigenvalue weighted by molar-refractivity contribution is 5.82. The van der Waals surface area contributed by atoms with Gasteiger partial charge in [0, 0.05) is 19.6 Å². The molecule has 0 aromatic heterocycles. The second-order valence-corrected chi connectivity index (χ2v) is 4.30. The van der Waals surface area contributed by atoms with Crippen molar-refractivity contribution in [2.45, 2.75) is 26.3 Å². The summed E-state index contributed by atoms with van der Waals surface area (Å²) in [5.41, 5.74) is 0. The molecule has 0 aliphatic heterocycles.